The Balaban J connectivity index is 1.82. The molecule has 1 N–H and O–H groups in total. The first kappa shape index (κ1) is 13.1. The second-order valence-electron chi connectivity index (χ2n) is 5.66. The Labute approximate surface area is 120 Å². The maximum atomic E-state index is 4.31. The Morgan fingerprint density at radius 1 is 1.15 bits per heavy atom. The van der Waals surface area contributed by atoms with Gasteiger partial charge in [0.1, 0.15) is 0 Å². The molecular weight excluding hydrogens is 246 g/mol. The van der Waals surface area contributed by atoms with Gasteiger partial charge < -0.3 is 10.2 Å². The van der Waals surface area contributed by atoms with Crippen LogP contribution in [0.1, 0.15) is 30.5 Å². The second kappa shape index (κ2) is 5.63. The highest BCUT2D eigenvalue weighted by Crippen LogP contribution is 2.29. The topological polar surface area (TPSA) is 28.2 Å². The fraction of sp³-hybridized carbons (Fsp3) is 0.353. The maximum Gasteiger partial charge on any atom is 0.0604 e. The summed E-state index contributed by atoms with van der Waals surface area (Å²) in [5.74, 6) is 0. The molecule has 2 aromatic rings. The number of fused-ring (bicyclic) bond motifs is 1. The number of nitrogens with one attached hydrogen (secondary N) is 1. The van der Waals surface area contributed by atoms with Crippen molar-refractivity contribution in [3.63, 3.8) is 0 Å². The second-order valence-corrected chi connectivity index (χ2v) is 5.66. The standard InChI is InChI=1S/C17H21N3/c1-13(2)19-9-14-7-8-18-10-17(14)20-11-15-5-3-4-6-16(15)12-20/h3-8,10,13,19H,9,11-12H2,1-2H3. The lowest BCUT2D eigenvalue weighted by Crippen LogP contribution is -2.24. The van der Waals surface area contributed by atoms with E-state index in [1.54, 1.807) is 0 Å². The van der Waals surface area contributed by atoms with Crippen molar-refractivity contribution in [2.75, 3.05) is 4.90 Å². The van der Waals surface area contributed by atoms with Gasteiger partial charge in [-0.3, -0.25) is 4.98 Å². The summed E-state index contributed by atoms with van der Waals surface area (Å²) in [6.45, 7) is 7.20. The molecule has 0 unspecified atom stereocenters. The fourth-order valence-electron chi connectivity index (χ4n) is 2.67. The van der Waals surface area contributed by atoms with E-state index < -0.39 is 0 Å². The molecule has 3 heteroatoms. The molecule has 0 saturated carbocycles. The monoisotopic (exact) mass is 267 g/mol. The number of anilines is 1. The van der Waals surface area contributed by atoms with E-state index >= 15 is 0 Å². The molecule has 3 nitrogen and oxygen atoms in total. The molecule has 0 saturated heterocycles. The minimum absolute atomic E-state index is 0.492. The van der Waals surface area contributed by atoms with Crippen LogP contribution in [0.2, 0.25) is 0 Å². The molecule has 3 rings (SSSR count). The fourth-order valence-corrected chi connectivity index (χ4v) is 2.67. The highest BCUT2D eigenvalue weighted by molar-refractivity contribution is 5.55. The third-order valence-electron chi connectivity index (χ3n) is 3.77. The number of rotatable bonds is 4. The molecule has 20 heavy (non-hydrogen) atoms. The van der Waals surface area contributed by atoms with Gasteiger partial charge in [-0.1, -0.05) is 38.1 Å². The maximum absolute atomic E-state index is 4.31. The van der Waals surface area contributed by atoms with Gasteiger partial charge in [0, 0.05) is 31.9 Å². The summed E-state index contributed by atoms with van der Waals surface area (Å²) in [6, 6.07) is 11.3. The number of hydrogen-bond donors (Lipinski definition) is 1. The Morgan fingerprint density at radius 2 is 1.85 bits per heavy atom. The molecule has 0 amide bonds. The minimum atomic E-state index is 0.492. The summed E-state index contributed by atoms with van der Waals surface area (Å²) in [6.07, 6.45) is 3.87. The molecule has 0 radical (unpaired) electrons. The average Bonchev–Trinajstić information content (AvgIpc) is 2.89. The van der Waals surface area contributed by atoms with Crippen molar-refractivity contribution in [2.45, 2.75) is 39.5 Å². The Morgan fingerprint density at radius 3 is 2.50 bits per heavy atom. The van der Waals surface area contributed by atoms with Crippen LogP contribution in [0, 0.1) is 0 Å². The largest absolute Gasteiger partial charge is 0.361 e. The number of benzene rings is 1. The van der Waals surface area contributed by atoms with Crippen LogP contribution in [-0.4, -0.2) is 11.0 Å². The van der Waals surface area contributed by atoms with Crippen molar-refractivity contribution >= 4 is 5.69 Å². The highest BCUT2D eigenvalue weighted by Gasteiger charge is 2.20. The van der Waals surface area contributed by atoms with Gasteiger partial charge in [0.25, 0.3) is 0 Å². The van der Waals surface area contributed by atoms with Crippen LogP contribution in [-0.2, 0) is 19.6 Å². The lowest BCUT2D eigenvalue weighted by Gasteiger charge is -2.21. The first-order valence-electron chi connectivity index (χ1n) is 7.22. The van der Waals surface area contributed by atoms with Crippen LogP contribution in [0.15, 0.2) is 42.7 Å². The summed E-state index contributed by atoms with van der Waals surface area (Å²) < 4.78 is 0. The van der Waals surface area contributed by atoms with E-state index in [1.807, 2.05) is 12.4 Å². The zero-order valence-corrected chi connectivity index (χ0v) is 12.1. The normalized spacial score (nSPS) is 13.8. The van der Waals surface area contributed by atoms with Crippen LogP contribution in [0.4, 0.5) is 5.69 Å². The third kappa shape index (κ3) is 2.68. The number of hydrogen-bond acceptors (Lipinski definition) is 3. The molecule has 1 aromatic heterocycles. The van der Waals surface area contributed by atoms with Crippen LogP contribution in [0.25, 0.3) is 0 Å². The zero-order chi connectivity index (χ0) is 13.9. The van der Waals surface area contributed by atoms with Gasteiger partial charge in [-0.2, -0.15) is 0 Å². The van der Waals surface area contributed by atoms with Crippen molar-refractivity contribution in [2.24, 2.45) is 0 Å². The average molecular weight is 267 g/mol. The molecule has 0 atom stereocenters. The SMILES string of the molecule is CC(C)NCc1ccncc1N1Cc2ccccc2C1. The summed E-state index contributed by atoms with van der Waals surface area (Å²) in [7, 11) is 0. The van der Waals surface area contributed by atoms with E-state index in [4.69, 9.17) is 0 Å². The predicted octanol–water partition coefficient (Wildman–Crippen LogP) is 3.10. The first-order chi connectivity index (χ1) is 9.74. The molecule has 0 bridgehead atoms. The molecule has 2 heterocycles. The number of aromatic nitrogens is 1. The Kier molecular flexibility index (Phi) is 3.70. The molecule has 104 valence electrons. The molecule has 1 aliphatic rings. The van der Waals surface area contributed by atoms with Gasteiger partial charge in [0.05, 0.1) is 11.9 Å². The van der Waals surface area contributed by atoms with E-state index in [0.29, 0.717) is 6.04 Å². The highest BCUT2D eigenvalue weighted by atomic mass is 15.2. The quantitative estimate of drug-likeness (QED) is 0.922. The van der Waals surface area contributed by atoms with Crippen molar-refractivity contribution < 1.29 is 0 Å². The summed E-state index contributed by atoms with van der Waals surface area (Å²) in [5, 5.41) is 3.49. The minimum Gasteiger partial charge on any atom is -0.361 e. The number of nitrogens with zero attached hydrogens (tertiary/aromatic N) is 2. The van der Waals surface area contributed by atoms with Gasteiger partial charge in [-0.25, -0.2) is 0 Å². The lowest BCUT2D eigenvalue weighted by molar-refractivity contribution is 0.587. The smallest absolute Gasteiger partial charge is 0.0604 e. The van der Waals surface area contributed by atoms with Crippen molar-refractivity contribution in [1.29, 1.82) is 0 Å². The van der Waals surface area contributed by atoms with Crippen LogP contribution >= 0.6 is 0 Å². The van der Waals surface area contributed by atoms with Crippen LogP contribution in [0.5, 0.6) is 0 Å². The van der Waals surface area contributed by atoms with E-state index in [9.17, 15) is 0 Å². The molecule has 1 aromatic carbocycles. The van der Waals surface area contributed by atoms with E-state index in [-0.39, 0.29) is 0 Å². The van der Waals surface area contributed by atoms with Crippen LogP contribution in [0.3, 0.4) is 0 Å². The molecule has 0 spiro atoms. The molecule has 0 fully saturated rings. The zero-order valence-electron chi connectivity index (χ0n) is 12.1. The van der Waals surface area contributed by atoms with Gasteiger partial charge in [-0.05, 0) is 22.8 Å². The first-order valence-corrected chi connectivity index (χ1v) is 7.22. The molecule has 0 aliphatic carbocycles. The van der Waals surface area contributed by atoms with Gasteiger partial charge in [-0.15, -0.1) is 0 Å². The summed E-state index contributed by atoms with van der Waals surface area (Å²) >= 11 is 0. The van der Waals surface area contributed by atoms with Gasteiger partial charge >= 0.3 is 0 Å². The van der Waals surface area contributed by atoms with Crippen LogP contribution < -0.4 is 10.2 Å². The van der Waals surface area contributed by atoms with E-state index in [0.717, 1.165) is 19.6 Å². The van der Waals surface area contributed by atoms with Gasteiger partial charge in [0.2, 0.25) is 0 Å². The van der Waals surface area contributed by atoms with Gasteiger partial charge in [0.15, 0.2) is 0 Å². The summed E-state index contributed by atoms with van der Waals surface area (Å²) in [5.41, 5.74) is 5.43. The summed E-state index contributed by atoms with van der Waals surface area (Å²) in [4.78, 5) is 6.72. The molecular formula is C17H21N3. The Bertz CT molecular complexity index is 567. The predicted molar refractivity (Wildman–Crippen MR) is 82.5 cm³/mol. The van der Waals surface area contributed by atoms with Crippen molar-refractivity contribution in [1.82, 2.24) is 10.3 Å². The van der Waals surface area contributed by atoms with E-state index in [2.05, 4.69) is 59.4 Å². The lowest BCUT2D eigenvalue weighted by atomic mass is 10.1. The number of pyridine rings is 1. The third-order valence-corrected chi connectivity index (χ3v) is 3.77. The molecule has 1 aliphatic heterocycles. The Hall–Kier alpha value is -1.87. The van der Waals surface area contributed by atoms with Crippen molar-refractivity contribution in [3.8, 4) is 0 Å². The van der Waals surface area contributed by atoms with E-state index in [1.165, 1.54) is 22.4 Å². The van der Waals surface area contributed by atoms with Crippen molar-refractivity contribution in [3.05, 3.63) is 59.4 Å².